The molecule has 0 saturated carbocycles. The molecule has 3 aromatic rings. The van der Waals surface area contributed by atoms with E-state index in [-0.39, 0.29) is 35.4 Å². The fraction of sp³-hybridized carbons (Fsp3) is 0.286. The number of imidazole rings is 1. The molecule has 1 amide bonds. The fourth-order valence-electron chi connectivity index (χ4n) is 2.97. The first-order valence-electron chi connectivity index (χ1n) is 9.17. The standard InChI is InChI=1S/C21H20F4N4O/c1-13(2)29(20(30)19-11-28(3)12-27-19)10-14-6-7-26-18(8-14)16-9-15(21(23,24)25)4-5-17(16)22/h4-9,11-13H,10H2,1-3H3. The highest BCUT2D eigenvalue weighted by atomic mass is 19.4. The Kier molecular flexibility index (Phi) is 5.91. The number of alkyl halides is 3. The van der Waals surface area contributed by atoms with Crippen LogP contribution < -0.4 is 0 Å². The zero-order chi connectivity index (χ0) is 22.1. The summed E-state index contributed by atoms with van der Waals surface area (Å²) >= 11 is 0. The van der Waals surface area contributed by atoms with Crippen LogP contribution in [-0.4, -0.2) is 31.4 Å². The van der Waals surface area contributed by atoms with Crippen LogP contribution in [0, 0.1) is 5.82 Å². The number of pyridine rings is 1. The first-order chi connectivity index (χ1) is 14.1. The van der Waals surface area contributed by atoms with Crippen molar-refractivity contribution in [3.8, 4) is 11.3 Å². The van der Waals surface area contributed by atoms with Gasteiger partial charge in [0, 0.05) is 37.6 Å². The lowest BCUT2D eigenvalue weighted by Gasteiger charge is -2.26. The van der Waals surface area contributed by atoms with Gasteiger partial charge < -0.3 is 9.47 Å². The Bertz CT molecular complexity index is 1060. The molecule has 0 saturated heterocycles. The molecule has 0 aliphatic heterocycles. The number of rotatable bonds is 5. The van der Waals surface area contributed by atoms with Crippen molar-refractivity contribution in [2.45, 2.75) is 32.6 Å². The number of hydrogen-bond acceptors (Lipinski definition) is 3. The molecule has 0 aliphatic carbocycles. The normalized spacial score (nSPS) is 11.7. The minimum atomic E-state index is -4.59. The van der Waals surface area contributed by atoms with Crippen molar-refractivity contribution >= 4 is 5.91 Å². The van der Waals surface area contributed by atoms with Gasteiger partial charge in [0.25, 0.3) is 5.91 Å². The van der Waals surface area contributed by atoms with Crippen LogP contribution in [0.4, 0.5) is 17.6 Å². The maximum absolute atomic E-state index is 14.2. The van der Waals surface area contributed by atoms with Crippen molar-refractivity contribution in [2.24, 2.45) is 7.05 Å². The van der Waals surface area contributed by atoms with Crippen LogP contribution in [0.3, 0.4) is 0 Å². The van der Waals surface area contributed by atoms with Gasteiger partial charge in [-0.1, -0.05) is 0 Å². The van der Waals surface area contributed by atoms with E-state index in [1.54, 1.807) is 28.8 Å². The molecule has 2 heterocycles. The number of carbonyl (C=O) groups is 1. The number of nitrogens with zero attached hydrogens (tertiary/aromatic N) is 4. The first-order valence-corrected chi connectivity index (χ1v) is 9.17. The van der Waals surface area contributed by atoms with E-state index in [4.69, 9.17) is 0 Å². The number of amides is 1. The van der Waals surface area contributed by atoms with Crippen molar-refractivity contribution < 1.29 is 22.4 Å². The van der Waals surface area contributed by atoms with Crippen LogP contribution in [0.15, 0.2) is 49.1 Å². The molecule has 158 valence electrons. The summed E-state index contributed by atoms with van der Waals surface area (Å²) in [7, 11) is 1.75. The van der Waals surface area contributed by atoms with E-state index in [9.17, 15) is 22.4 Å². The van der Waals surface area contributed by atoms with Gasteiger partial charge in [-0.3, -0.25) is 9.78 Å². The number of carbonyl (C=O) groups excluding carboxylic acids is 1. The van der Waals surface area contributed by atoms with Gasteiger partial charge in [0.1, 0.15) is 11.5 Å². The Balaban J connectivity index is 1.92. The summed E-state index contributed by atoms with van der Waals surface area (Å²) in [5.74, 6) is -1.09. The summed E-state index contributed by atoms with van der Waals surface area (Å²) in [5.41, 5.74) is -0.261. The lowest BCUT2D eigenvalue weighted by molar-refractivity contribution is -0.137. The average molecular weight is 420 g/mol. The van der Waals surface area contributed by atoms with E-state index in [2.05, 4.69) is 9.97 Å². The van der Waals surface area contributed by atoms with Crippen LogP contribution >= 0.6 is 0 Å². The molecule has 0 N–H and O–H groups in total. The average Bonchev–Trinajstić information content (AvgIpc) is 3.11. The molecule has 0 fully saturated rings. The summed E-state index contributed by atoms with van der Waals surface area (Å²) in [6, 6.07) is 5.16. The highest BCUT2D eigenvalue weighted by molar-refractivity contribution is 5.92. The van der Waals surface area contributed by atoms with Crippen LogP contribution in [-0.2, 0) is 19.8 Å². The first kappa shape index (κ1) is 21.5. The number of hydrogen-bond donors (Lipinski definition) is 0. The molecule has 30 heavy (non-hydrogen) atoms. The summed E-state index contributed by atoms with van der Waals surface area (Å²) in [6.07, 6.45) is -0.0852. The van der Waals surface area contributed by atoms with Crippen LogP contribution in [0.25, 0.3) is 11.3 Å². The van der Waals surface area contributed by atoms with Gasteiger partial charge in [-0.15, -0.1) is 0 Å². The molecular formula is C21H20F4N4O. The van der Waals surface area contributed by atoms with E-state index in [0.29, 0.717) is 11.6 Å². The quantitative estimate of drug-likeness (QED) is 0.563. The highest BCUT2D eigenvalue weighted by Gasteiger charge is 2.31. The Hall–Kier alpha value is -3.23. The van der Waals surface area contributed by atoms with Gasteiger partial charge in [-0.05, 0) is 49.7 Å². The van der Waals surface area contributed by atoms with E-state index in [1.807, 2.05) is 13.8 Å². The molecule has 3 rings (SSSR count). The summed E-state index contributed by atoms with van der Waals surface area (Å²) in [5, 5.41) is 0. The number of benzene rings is 1. The minimum Gasteiger partial charge on any atom is -0.340 e. The minimum absolute atomic E-state index is 0.0603. The molecular weight excluding hydrogens is 400 g/mol. The third-order valence-corrected chi connectivity index (χ3v) is 4.56. The third-order valence-electron chi connectivity index (χ3n) is 4.56. The van der Waals surface area contributed by atoms with Crippen molar-refractivity contribution in [3.63, 3.8) is 0 Å². The summed E-state index contributed by atoms with van der Waals surface area (Å²) in [4.78, 5) is 22.5. The summed E-state index contributed by atoms with van der Waals surface area (Å²) < 4.78 is 54.9. The van der Waals surface area contributed by atoms with Gasteiger partial charge in [-0.2, -0.15) is 13.2 Å². The maximum Gasteiger partial charge on any atom is 0.416 e. The van der Waals surface area contributed by atoms with Gasteiger partial charge >= 0.3 is 6.18 Å². The lowest BCUT2D eigenvalue weighted by Crippen LogP contribution is -2.36. The van der Waals surface area contributed by atoms with E-state index < -0.39 is 17.6 Å². The lowest BCUT2D eigenvalue weighted by atomic mass is 10.0. The second kappa shape index (κ2) is 8.25. The Labute approximate surface area is 171 Å². The van der Waals surface area contributed by atoms with Crippen molar-refractivity contribution in [1.29, 1.82) is 0 Å². The van der Waals surface area contributed by atoms with Gasteiger partial charge in [0.2, 0.25) is 0 Å². The molecule has 2 aromatic heterocycles. The van der Waals surface area contributed by atoms with Gasteiger partial charge in [-0.25, -0.2) is 9.37 Å². The van der Waals surface area contributed by atoms with Crippen molar-refractivity contribution in [3.05, 3.63) is 71.7 Å². The SMILES string of the molecule is CC(C)N(Cc1ccnc(-c2cc(C(F)(F)F)ccc2F)c1)C(=O)c1cn(C)cn1. The number of aryl methyl sites for hydroxylation is 1. The monoisotopic (exact) mass is 420 g/mol. The third kappa shape index (κ3) is 4.67. The molecule has 0 bridgehead atoms. The predicted octanol–water partition coefficient (Wildman–Crippen LogP) is 4.69. The Morgan fingerprint density at radius 1 is 1.17 bits per heavy atom. The second-order valence-electron chi connectivity index (χ2n) is 7.19. The molecule has 5 nitrogen and oxygen atoms in total. The molecule has 0 spiro atoms. The van der Waals surface area contributed by atoms with Gasteiger partial charge in [0.05, 0.1) is 17.6 Å². The molecule has 0 aliphatic rings. The molecule has 0 unspecified atom stereocenters. The van der Waals surface area contributed by atoms with E-state index >= 15 is 0 Å². The van der Waals surface area contributed by atoms with E-state index in [0.717, 1.165) is 12.1 Å². The topological polar surface area (TPSA) is 51.0 Å². The zero-order valence-electron chi connectivity index (χ0n) is 16.6. The highest BCUT2D eigenvalue weighted by Crippen LogP contribution is 2.33. The molecule has 0 radical (unpaired) electrons. The maximum atomic E-state index is 14.2. The molecule has 1 aromatic carbocycles. The Morgan fingerprint density at radius 3 is 2.50 bits per heavy atom. The second-order valence-corrected chi connectivity index (χ2v) is 7.19. The van der Waals surface area contributed by atoms with E-state index in [1.165, 1.54) is 18.6 Å². The number of aromatic nitrogens is 3. The van der Waals surface area contributed by atoms with Gasteiger partial charge in [0.15, 0.2) is 0 Å². The van der Waals surface area contributed by atoms with Crippen molar-refractivity contribution in [2.75, 3.05) is 0 Å². The largest absolute Gasteiger partial charge is 0.416 e. The molecule has 9 heteroatoms. The van der Waals surface area contributed by atoms with Crippen LogP contribution in [0.5, 0.6) is 0 Å². The zero-order valence-corrected chi connectivity index (χ0v) is 16.6. The van der Waals surface area contributed by atoms with Crippen LogP contribution in [0.2, 0.25) is 0 Å². The van der Waals surface area contributed by atoms with Crippen LogP contribution in [0.1, 0.15) is 35.5 Å². The molecule has 0 atom stereocenters. The summed E-state index contributed by atoms with van der Waals surface area (Å²) in [6.45, 7) is 3.86. The number of halogens is 4. The van der Waals surface area contributed by atoms with Crippen molar-refractivity contribution in [1.82, 2.24) is 19.4 Å². The predicted molar refractivity (Wildman–Crippen MR) is 103 cm³/mol. The Morgan fingerprint density at radius 2 is 1.90 bits per heavy atom. The smallest absolute Gasteiger partial charge is 0.340 e. The fourth-order valence-corrected chi connectivity index (χ4v) is 2.97.